The van der Waals surface area contributed by atoms with Crippen molar-refractivity contribution < 1.29 is 19.8 Å². The van der Waals surface area contributed by atoms with E-state index < -0.39 is 35.6 Å². The van der Waals surface area contributed by atoms with Gasteiger partial charge in [0, 0.05) is 35.4 Å². The molecule has 0 saturated heterocycles. The van der Waals surface area contributed by atoms with E-state index in [0.717, 1.165) is 76.7 Å². The number of carboxylic acid groups (broad SMARTS) is 2. The van der Waals surface area contributed by atoms with Crippen LogP contribution < -0.4 is 0 Å². The molecular formula is C42H46N12O4. The Morgan fingerprint density at radius 1 is 0.655 bits per heavy atom. The minimum Gasteiger partial charge on any atom is -0.481 e. The van der Waals surface area contributed by atoms with Gasteiger partial charge in [-0.3, -0.25) is 14.7 Å². The van der Waals surface area contributed by atoms with Crippen LogP contribution >= 0.6 is 0 Å². The first-order chi connectivity index (χ1) is 28.4. The molecule has 0 aliphatic rings. The summed E-state index contributed by atoms with van der Waals surface area (Å²) in [6, 6.07) is 24.3. The predicted octanol–water partition coefficient (Wildman–Crippen LogP) is 6.61. The molecule has 0 bridgehead atoms. The lowest BCUT2D eigenvalue weighted by molar-refractivity contribution is -0.144. The highest BCUT2D eigenvalue weighted by molar-refractivity contribution is 5.72. The molecule has 7 aromatic rings. The van der Waals surface area contributed by atoms with Crippen LogP contribution in [-0.4, -0.2) is 83.4 Å². The summed E-state index contributed by atoms with van der Waals surface area (Å²) in [5, 5.41) is 60.8. The van der Waals surface area contributed by atoms with Crippen LogP contribution in [0.1, 0.15) is 85.6 Å². The number of aromatic nitrogens is 12. The lowest BCUT2D eigenvalue weighted by atomic mass is 9.82. The number of aromatic amines is 3. The molecule has 4 aromatic heterocycles. The quantitative estimate of drug-likeness (QED) is 0.0485. The second-order valence-electron chi connectivity index (χ2n) is 14.7. The fraction of sp³-hybridized carbons (Fsp3) is 0.333. The number of unbranched alkanes of at least 4 members (excludes halogenated alkanes) is 2. The topological polar surface area (TPSA) is 230 Å². The van der Waals surface area contributed by atoms with E-state index in [4.69, 9.17) is 0 Å². The Balaban J connectivity index is 0.934. The normalized spacial score (nSPS) is 13.5. The van der Waals surface area contributed by atoms with Crippen molar-refractivity contribution in [3.63, 3.8) is 0 Å². The molecule has 5 N–H and O–H groups in total. The molecule has 4 unspecified atom stereocenters. The van der Waals surface area contributed by atoms with E-state index in [0.29, 0.717) is 37.3 Å². The molecule has 0 aliphatic carbocycles. The number of carbonyl (C=O) groups is 2. The van der Waals surface area contributed by atoms with Crippen molar-refractivity contribution in [2.24, 2.45) is 11.8 Å². The minimum absolute atomic E-state index is 0.398. The Morgan fingerprint density at radius 3 is 1.71 bits per heavy atom. The number of hydrogen-bond acceptors (Lipinski definition) is 10. The van der Waals surface area contributed by atoms with Crippen molar-refractivity contribution >= 4 is 11.9 Å². The fourth-order valence-corrected chi connectivity index (χ4v) is 7.60. The number of tetrazole rings is 2. The molecule has 0 saturated carbocycles. The lowest BCUT2D eigenvalue weighted by Gasteiger charge is -2.21. The molecule has 0 aliphatic heterocycles. The van der Waals surface area contributed by atoms with Crippen LogP contribution in [0.4, 0.5) is 0 Å². The van der Waals surface area contributed by atoms with Crippen molar-refractivity contribution in [1.82, 2.24) is 61.2 Å². The molecule has 58 heavy (non-hydrogen) atoms. The Morgan fingerprint density at radius 2 is 1.21 bits per heavy atom. The van der Waals surface area contributed by atoms with Crippen LogP contribution in [0.25, 0.3) is 27.9 Å². The van der Waals surface area contributed by atoms with E-state index in [1.165, 1.54) is 0 Å². The van der Waals surface area contributed by atoms with Gasteiger partial charge >= 0.3 is 11.9 Å². The number of aliphatic carboxylic acids is 2. The van der Waals surface area contributed by atoms with Crippen molar-refractivity contribution in [2.45, 2.75) is 76.5 Å². The Bertz CT molecular complexity index is 2310. The summed E-state index contributed by atoms with van der Waals surface area (Å²) in [7, 11) is 0. The highest BCUT2D eigenvalue weighted by atomic mass is 16.4. The van der Waals surface area contributed by atoms with E-state index in [-0.39, 0.29) is 0 Å². The van der Waals surface area contributed by atoms with Gasteiger partial charge in [-0.15, -0.1) is 20.4 Å². The van der Waals surface area contributed by atoms with Gasteiger partial charge in [0.15, 0.2) is 11.6 Å². The number of hydrogen-bond donors (Lipinski definition) is 5. The van der Waals surface area contributed by atoms with Crippen molar-refractivity contribution in [3.8, 4) is 27.9 Å². The van der Waals surface area contributed by atoms with Gasteiger partial charge < -0.3 is 10.2 Å². The number of H-pyrrole nitrogens is 3. The second kappa shape index (κ2) is 18.9. The van der Waals surface area contributed by atoms with Gasteiger partial charge in [0.25, 0.3) is 0 Å². The fourth-order valence-electron chi connectivity index (χ4n) is 7.60. The zero-order valence-electron chi connectivity index (χ0n) is 32.1. The highest BCUT2D eigenvalue weighted by Crippen LogP contribution is 2.33. The van der Waals surface area contributed by atoms with Gasteiger partial charge in [-0.25, -0.2) is 4.68 Å². The second-order valence-corrected chi connectivity index (χ2v) is 14.7. The molecule has 0 spiro atoms. The number of benzene rings is 3. The van der Waals surface area contributed by atoms with Crippen LogP contribution in [0.2, 0.25) is 0 Å². The van der Waals surface area contributed by atoms with Gasteiger partial charge in [0.2, 0.25) is 0 Å². The number of aryl methyl sites for hydroxylation is 1. The van der Waals surface area contributed by atoms with Crippen LogP contribution in [0.3, 0.4) is 0 Å². The monoisotopic (exact) mass is 782 g/mol. The van der Waals surface area contributed by atoms with Crippen LogP contribution in [0.15, 0.2) is 97.6 Å². The van der Waals surface area contributed by atoms with E-state index >= 15 is 0 Å². The molecule has 7 rings (SSSR count). The molecule has 16 nitrogen and oxygen atoms in total. The van der Waals surface area contributed by atoms with E-state index in [1.807, 2.05) is 90.9 Å². The van der Waals surface area contributed by atoms with Crippen molar-refractivity contribution in [1.29, 1.82) is 0 Å². The maximum Gasteiger partial charge on any atom is 0.307 e. The van der Waals surface area contributed by atoms with Gasteiger partial charge in [0.1, 0.15) is 0 Å². The smallest absolute Gasteiger partial charge is 0.307 e. The average Bonchev–Trinajstić information content (AvgIpc) is 4.10. The van der Waals surface area contributed by atoms with E-state index in [2.05, 4.69) is 68.7 Å². The van der Waals surface area contributed by atoms with E-state index in [1.54, 1.807) is 6.20 Å². The van der Waals surface area contributed by atoms with Crippen LogP contribution in [-0.2, 0) is 28.9 Å². The zero-order valence-corrected chi connectivity index (χ0v) is 32.1. The number of rotatable bonds is 21. The standard InChI is InChI=1S/C42H46N12O4/c1-2-3-7-35(41(55)56)37(39-46-50-51-47-39)21-29-11-17-31(18-12-29)33-25-45-54(26-33)34-19-13-27(14-20-34)6-4-5-8-36(42(57)58)38(40-48-52-53-49-40)22-28-9-15-30(16-10-28)32-23-43-44-24-32/h9-20,23-26,35-38H,2-8,21-22H2,1H3,(H,43,44)(H,55,56)(H,57,58)(H,46,47,50,51)(H,48,49,52,53). The van der Waals surface area contributed by atoms with Gasteiger partial charge in [-0.1, -0.05) is 97.3 Å². The third-order valence-corrected chi connectivity index (χ3v) is 10.9. The number of nitrogens with zero attached hydrogens (tertiary/aromatic N) is 9. The molecule has 3 aromatic carbocycles. The van der Waals surface area contributed by atoms with Gasteiger partial charge in [0.05, 0.1) is 29.9 Å². The third-order valence-electron chi connectivity index (χ3n) is 10.9. The van der Waals surface area contributed by atoms with E-state index in [9.17, 15) is 19.8 Å². The van der Waals surface area contributed by atoms with Crippen molar-refractivity contribution in [2.75, 3.05) is 0 Å². The predicted molar refractivity (Wildman–Crippen MR) is 214 cm³/mol. The van der Waals surface area contributed by atoms with Gasteiger partial charge in [-0.05, 0) is 78.5 Å². The molecular weight excluding hydrogens is 737 g/mol. The molecule has 4 atom stereocenters. The maximum atomic E-state index is 12.6. The average molecular weight is 783 g/mol. The zero-order chi connectivity index (χ0) is 40.3. The first-order valence-electron chi connectivity index (χ1n) is 19.6. The van der Waals surface area contributed by atoms with Gasteiger partial charge in [-0.2, -0.15) is 20.6 Å². The summed E-state index contributed by atoms with van der Waals surface area (Å²) in [5.74, 6) is -3.02. The lowest BCUT2D eigenvalue weighted by Crippen LogP contribution is -2.25. The molecule has 0 amide bonds. The largest absolute Gasteiger partial charge is 0.481 e. The molecule has 0 fully saturated rings. The Labute approximate surface area is 334 Å². The molecule has 0 radical (unpaired) electrons. The summed E-state index contributed by atoms with van der Waals surface area (Å²) in [6.07, 6.45) is 13.5. The Kier molecular flexibility index (Phi) is 12.8. The first kappa shape index (κ1) is 39.4. The first-order valence-corrected chi connectivity index (χ1v) is 19.6. The van der Waals surface area contributed by atoms with Crippen LogP contribution in [0, 0.1) is 11.8 Å². The highest BCUT2D eigenvalue weighted by Gasteiger charge is 2.33. The Hall–Kier alpha value is -6.84. The molecule has 4 heterocycles. The number of carboxylic acids is 2. The summed E-state index contributed by atoms with van der Waals surface area (Å²) in [4.78, 5) is 24.8. The maximum absolute atomic E-state index is 12.6. The minimum atomic E-state index is -0.871. The number of nitrogens with one attached hydrogen (secondary N) is 3. The van der Waals surface area contributed by atoms with Crippen molar-refractivity contribution in [3.05, 3.63) is 126 Å². The summed E-state index contributed by atoms with van der Waals surface area (Å²) in [5.41, 5.74) is 8.01. The summed E-state index contributed by atoms with van der Waals surface area (Å²) < 4.78 is 1.84. The molecule has 298 valence electrons. The molecule has 16 heteroatoms. The van der Waals surface area contributed by atoms with Crippen LogP contribution in [0.5, 0.6) is 0 Å². The SMILES string of the molecule is CCCCC(C(=O)O)C(Cc1ccc(-c2cnn(-c3ccc(CCCCC(C(=O)O)C(Cc4ccc(-c5cn[nH]c5)cc4)c4nn[nH]n4)cc3)c2)cc1)c1nn[nH]n1. The summed E-state index contributed by atoms with van der Waals surface area (Å²) in [6.45, 7) is 2.05. The summed E-state index contributed by atoms with van der Waals surface area (Å²) >= 11 is 0. The third kappa shape index (κ3) is 9.75.